The third-order valence-corrected chi connectivity index (χ3v) is 6.59. The maximum Gasteiger partial charge on any atom is 0.254 e. The van der Waals surface area contributed by atoms with Crippen molar-refractivity contribution in [1.82, 2.24) is 20.4 Å². The van der Waals surface area contributed by atoms with Crippen molar-refractivity contribution < 1.29 is 9.59 Å². The summed E-state index contributed by atoms with van der Waals surface area (Å²) in [6, 6.07) is 7.63. The van der Waals surface area contributed by atoms with E-state index in [-0.39, 0.29) is 18.4 Å². The van der Waals surface area contributed by atoms with Gasteiger partial charge >= 0.3 is 0 Å². The first kappa shape index (κ1) is 19.7. The molecular weight excluding hydrogens is 366 g/mol. The second kappa shape index (κ2) is 8.43. The van der Waals surface area contributed by atoms with Crippen LogP contribution in [0.3, 0.4) is 0 Å². The second-order valence-electron chi connectivity index (χ2n) is 8.55. The number of benzene rings is 1. The number of nitrogens with zero attached hydrogens (tertiary/aromatic N) is 3. The monoisotopic (exact) mass is 397 g/mol. The summed E-state index contributed by atoms with van der Waals surface area (Å²) in [5, 5.41) is 6.22. The molecule has 1 saturated carbocycles. The average molecular weight is 398 g/mol. The lowest BCUT2D eigenvalue weighted by atomic mass is 9.86. The van der Waals surface area contributed by atoms with Crippen LogP contribution in [-0.4, -0.2) is 67.3 Å². The summed E-state index contributed by atoms with van der Waals surface area (Å²) in [6.45, 7) is 4.08. The van der Waals surface area contributed by atoms with Crippen molar-refractivity contribution in [2.45, 2.75) is 38.6 Å². The zero-order chi connectivity index (χ0) is 20.3. The Hall–Kier alpha value is -2.57. The third-order valence-electron chi connectivity index (χ3n) is 6.59. The topological polar surface area (TPSA) is 77.0 Å². The van der Waals surface area contributed by atoms with Gasteiger partial charge in [0, 0.05) is 45.3 Å². The van der Waals surface area contributed by atoms with Crippen LogP contribution >= 0.6 is 0 Å². The molecule has 3 aliphatic rings. The van der Waals surface area contributed by atoms with Crippen molar-refractivity contribution in [1.29, 1.82) is 0 Å². The van der Waals surface area contributed by atoms with Crippen LogP contribution in [0, 0.1) is 5.41 Å². The first-order chi connectivity index (χ1) is 14.1. The van der Waals surface area contributed by atoms with Gasteiger partial charge < -0.3 is 20.4 Å². The number of guanidine groups is 1. The van der Waals surface area contributed by atoms with Crippen LogP contribution in [0.15, 0.2) is 29.3 Å². The molecule has 0 bridgehead atoms. The highest BCUT2D eigenvalue weighted by molar-refractivity contribution is 5.97. The fourth-order valence-electron chi connectivity index (χ4n) is 4.92. The lowest BCUT2D eigenvalue weighted by Crippen LogP contribution is -2.49. The summed E-state index contributed by atoms with van der Waals surface area (Å²) in [5.74, 6) is 0.778. The Morgan fingerprint density at radius 2 is 1.90 bits per heavy atom. The van der Waals surface area contributed by atoms with Crippen molar-refractivity contribution in [2.75, 3.05) is 39.8 Å². The van der Waals surface area contributed by atoms with Crippen LogP contribution in [0.2, 0.25) is 0 Å². The first-order valence-corrected chi connectivity index (χ1v) is 10.7. The van der Waals surface area contributed by atoms with Gasteiger partial charge in [0.2, 0.25) is 5.91 Å². The minimum absolute atomic E-state index is 0.0888. The summed E-state index contributed by atoms with van der Waals surface area (Å²) in [7, 11) is 1.85. The number of piperazine rings is 1. The van der Waals surface area contributed by atoms with Crippen LogP contribution in [-0.2, 0) is 11.3 Å². The van der Waals surface area contributed by atoms with Crippen LogP contribution in [0.25, 0.3) is 0 Å². The molecular formula is C22H31N5O2. The standard InChI is InChI=1S/C22H31N5O2/c1-23-21(27-12-10-22(16-27)8-2-3-9-22)25-14-17-4-6-18(7-5-17)20(29)26-13-11-24-19(28)15-26/h4-7H,2-3,8-16H2,1H3,(H,23,25)(H,24,28). The fraction of sp³-hybridized carbons (Fsp3) is 0.591. The third kappa shape index (κ3) is 4.38. The Balaban J connectivity index is 1.31. The highest BCUT2D eigenvalue weighted by Crippen LogP contribution is 2.45. The fourth-order valence-corrected chi connectivity index (χ4v) is 4.92. The minimum Gasteiger partial charge on any atom is -0.353 e. The molecule has 2 amide bonds. The molecule has 0 aromatic heterocycles. The number of carbonyl (C=O) groups excluding carboxylic acids is 2. The number of rotatable bonds is 3. The molecule has 1 aromatic rings. The molecule has 2 saturated heterocycles. The highest BCUT2D eigenvalue weighted by Gasteiger charge is 2.41. The molecule has 4 rings (SSSR count). The zero-order valence-corrected chi connectivity index (χ0v) is 17.2. The molecule has 156 valence electrons. The lowest BCUT2D eigenvalue weighted by Gasteiger charge is -2.27. The van der Waals surface area contributed by atoms with Crippen LogP contribution in [0.5, 0.6) is 0 Å². The summed E-state index contributed by atoms with van der Waals surface area (Å²) in [5.41, 5.74) is 2.25. The Kier molecular flexibility index (Phi) is 5.74. The van der Waals surface area contributed by atoms with Gasteiger partial charge in [-0.25, -0.2) is 0 Å². The Labute approximate surface area is 172 Å². The molecule has 1 aromatic carbocycles. The van der Waals surface area contributed by atoms with Gasteiger partial charge in [-0.1, -0.05) is 25.0 Å². The normalized spacial score (nSPS) is 21.6. The van der Waals surface area contributed by atoms with E-state index in [4.69, 9.17) is 0 Å². The van der Waals surface area contributed by atoms with Gasteiger partial charge in [-0.05, 0) is 42.4 Å². The van der Waals surface area contributed by atoms with Crippen molar-refractivity contribution in [3.63, 3.8) is 0 Å². The second-order valence-corrected chi connectivity index (χ2v) is 8.55. The van der Waals surface area contributed by atoms with E-state index in [1.165, 1.54) is 32.1 Å². The molecule has 7 heteroatoms. The molecule has 29 heavy (non-hydrogen) atoms. The Morgan fingerprint density at radius 3 is 2.59 bits per heavy atom. The van der Waals surface area contributed by atoms with E-state index in [1.54, 1.807) is 4.90 Å². The molecule has 3 fully saturated rings. The summed E-state index contributed by atoms with van der Waals surface area (Å²) < 4.78 is 0. The number of nitrogens with one attached hydrogen (secondary N) is 2. The van der Waals surface area contributed by atoms with Crippen molar-refractivity contribution in [2.24, 2.45) is 10.4 Å². The van der Waals surface area contributed by atoms with Gasteiger partial charge in [0.1, 0.15) is 0 Å². The summed E-state index contributed by atoms with van der Waals surface area (Å²) in [4.78, 5) is 32.6. The Morgan fingerprint density at radius 1 is 1.14 bits per heavy atom. The smallest absolute Gasteiger partial charge is 0.254 e. The molecule has 1 spiro atoms. The molecule has 0 atom stereocenters. The highest BCUT2D eigenvalue weighted by atomic mass is 16.2. The maximum absolute atomic E-state index is 12.6. The van der Waals surface area contributed by atoms with E-state index in [2.05, 4.69) is 20.5 Å². The quantitative estimate of drug-likeness (QED) is 0.600. The maximum atomic E-state index is 12.6. The van der Waals surface area contributed by atoms with Crippen LogP contribution in [0.4, 0.5) is 0 Å². The lowest BCUT2D eigenvalue weighted by molar-refractivity contribution is -0.123. The average Bonchev–Trinajstić information content (AvgIpc) is 3.38. The van der Waals surface area contributed by atoms with Gasteiger partial charge in [0.15, 0.2) is 5.96 Å². The number of amides is 2. The first-order valence-electron chi connectivity index (χ1n) is 10.7. The minimum atomic E-state index is -0.0990. The van der Waals surface area contributed by atoms with Gasteiger partial charge in [-0.15, -0.1) is 0 Å². The number of hydrogen-bond acceptors (Lipinski definition) is 3. The summed E-state index contributed by atoms with van der Waals surface area (Å²) >= 11 is 0. The van der Waals surface area contributed by atoms with Crippen LogP contribution < -0.4 is 10.6 Å². The van der Waals surface area contributed by atoms with Gasteiger partial charge in [0.25, 0.3) is 5.91 Å². The van der Waals surface area contributed by atoms with E-state index >= 15 is 0 Å². The van der Waals surface area contributed by atoms with Crippen molar-refractivity contribution in [3.05, 3.63) is 35.4 Å². The van der Waals surface area contributed by atoms with Gasteiger partial charge in [0.05, 0.1) is 6.54 Å². The number of aliphatic imine (C=N–C) groups is 1. The van der Waals surface area contributed by atoms with Crippen LogP contribution in [0.1, 0.15) is 48.0 Å². The number of hydrogen-bond donors (Lipinski definition) is 2. The molecule has 1 aliphatic carbocycles. The van der Waals surface area contributed by atoms with Crippen molar-refractivity contribution >= 4 is 17.8 Å². The molecule has 7 nitrogen and oxygen atoms in total. The molecule has 2 N–H and O–H groups in total. The van der Waals surface area contributed by atoms with Gasteiger partial charge in [-0.2, -0.15) is 0 Å². The van der Waals surface area contributed by atoms with E-state index < -0.39 is 0 Å². The van der Waals surface area contributed by atoms with Crippen molar-refractivity contribution in [3.8, 4) is 0 Å². The molecule has 2 heterocycles. The van der Waals surface area contributed by atoms with E-state index in [0.29, 0.717) is 30.6 Å². The SMILES string of the molecule is CN=C(NCc1ccc(C(=O)N2CCNC(=O)C2)cc1)N1CCC2(CCCC2)C1. The van der Waals surface area contributed by atoms with E-state index in [9.17, 15) is 9.59 Å². The predicted octanol–water partition coefficient (Wildman–Crippen LogP) is 1.60. The zero-order valence-electron chi connectivity index (χ0n) is 17.2. The number of likely N-dealkylation sites (tertiary alicyclic amines) is 1. The molecule has 2 aliphatic heterocycles. The number of carbonyl (C=O) groups is 2. The Bertz CT molecular complexity index is 783. The van der Waals surface area contributed by atoms with Gasteiger partial charge in [-0.3, -0.25) is 14.6 Å². The van der Waals surface area contributed by atoms with E-state index in [0.717, 1.165) is 24.6 Å². The van der Waals surface area contributed by atoms with E-state index in [1.807, 2.05) is 31.3 Å². The largest absolute Gasteiger partial charge is 0.353 e. The molecule has 0 radical (unpaired) electrons. The predicted molar refractivity (Wildman–Crippen MR) is 113 cm³/mol. The summed E-state index contributed by atoms with van der Waals surface area (Å²) in [6.07, 6.45) is 6.72. The molecule has 0 unspecified atom stereocenters.